The van der Waals surface area contributed by atoms with Gasteiger partial charge in [0.2, 0.25) is 5.76 Å². The second-order valence-corrected chi connectivity index (χ2v) is 7.36. The van der Waals surface area contributed by atoms with Crippen LogP contribution in [0, 0.1) is 10.1 Å². The number of nitrogens with zero attached hydrogens (tertiary/aromatic N) is 1. The molecule has 150 valence electrons. The van der Waals surface area contributed by atoms with Crippen LogP contribution in [0.3, 0.4) is 0 Å². The zero-order valence-corrected chi connectivity index (χ0v) is 15.7. The van der Waals surface area contributed by atoms with Gasteiger partial charge in [0.25, 0.3) is 15.7 Å². The van der Waals surface area contributed by atoms with Crippen molar-refractivity contribution in [2.24, 2.45) is 0 Å². The molecule has 0 fully saturated rings. The Kier molecular flexibility index (Phi) is 5.24. The second-order valence-electron chi connectivity index (χ2n) is 5.71. The molecule has 29 heavy (non-hydrogen) atoms. The molecular weight excluding hydrogens is 404 g/mol. The lowest BCUT2D eigenvalue weighted by atomic mass is 10.1. The van der Waals surface area contributed by atoms with Gasteiger partial charge in [0.05, 0.1) is 17.7 Å². The first-order valence-corrected chi connectivity index (χ1v) is 9.49. The van der Waals surface area contributed by atoms with Gasteiger partial charge in [-0.25, -0.2) is 13.2 Å². The summed E-state index contributed by atoms with van der Waals surface area (Å²) < 4.78 is 38.3. The summed E-state index contributed by atoms with van der Waals surface area (Å²) >= 11 is 0. The molecule has 3 rings (SSSR count). The number of nitro groups is 1. The number of para-hydroxylation sites is 1. The number of carboxylic acid groups (broad SMARTS) is 1. The van der Waals surface area contributed by atoms with E-state index >= 15 is 0 Å². The van der Waals surface area contributed by atoms with E-state index in [2.05, 4.69) is 4.72 Å². The Hall–Kier alpha value is -3.86. The molecule has 0 aliphatic heterocycles. The third kappa shape index (κ3) is 4.04. The molecule has 0 radical (unpaired) electrons. The highest BCUT2D eigenvalue weighted by atomic mass is 32.2. The molecule has 3 aromatic rings. The molecule has 0 bridgehead atoms. The largest absolute Gasteiger partial charge is 0.497 e. The maximum atomic E-state index is 12.8. The van der Waals surface area contributed by atoms with Gasteiger partial charge in [-0.05, 0) is 30.3 Å². The number of ether oxygens (including phenoxy) is 1. The first-order valence-electron chi connectivity index (χ1n) is 8.00. The van der Waals surface area contributed by atoms with Crippen LogP contribution in [0.2, 0.25) is 0 Å². The number of carboxylic acids is 1. The number of nitrogens with one attached hydrogen (secondary N) is 1. The number of aromatic carboxylic acids is 1. The fourth-order valence-corrected chi connectivity index (χ4v) is 3.83. The van der Waals surface area contributed by atoms with Crippen LogP contribution in [0.4, 0.5) is 11.4 Å². The van der Waals surface area contributed by atoms with E-state index in [9.17, 15) is 23.3 Å². The summed E-state index contributed by atoms with van der Waals surface area (Å²) in [5, 5.41) is 20.2. The maximum Gasteiger partial charge on any atom is 0.371 e. The fraction of sp³-hybridized carbons (Fsp3) is 0.0556. The highest BCUT2D eigenvalue weighted by Gasteiger charge is 2.26. The van der Waals surface area contributed by atoms with Gasteiger partial charge in [0.1, 0.15) is 11.5 Å². The standard InChI is InChI=1S/C18H14N2O8S/c1-27-11-6-7-12(15-8-9-16(28-15)18(21)22)13(10-11)19-29(25,26)17-5-3-2-4-14(17)20(23)24/h2-10,19H,1H3,(H,21,22). The Morgan fingerprint density at radius 3 is 2.52 bits per heavy atom. The molecule has 0 atom stereocenters. The van der Waals surface area contributed by atoms with E-state index < -0.39 is 31.5 Å². The van der Waals surface area contributed by atoms with Gasteiger partial charge >= 0.3 is 5.97 Å². The van der Waals surface area contributed by atoms with E-state index in [4.69, 9.17) is 14.3 Å². The lowest BCUT2D eigenvalue weighted by molar-refractivity contribution is -0.387. The number of carbonyl (C=O) groups is 1. The Morgan fingerprint density at radius 1 is 1.17 bits per heavy atom. The number of hydrogen-bond donors (Lipinski definition) is 2. The molecule has 1 aromatic heterocycles. The van der Waals surface area contributed by atoms with E-state index in [0.717, 1.165) is 12.1 Å². The average Bonchev–Trinajstić information content (AvgIpc) is 3.18. The van der Waals surface area contributed by atoms with Crippen LogP contribution in [0.1, 0.15) is 10.6 Å². The monoisotopic (exact) mass is 418 g/mol. The summed E-state index contributed by atoms with van der Waals surface area (Å²) in [4.78, 5) is 20.9. The third-order valence-corrected chi connectivity index (χ3v) is 5.32. The summed E-state index contributed by atoms with van der Waals surface area (Å²) in [5.41, 5.74) is -0.371. The van der Waals surface area contributed by atoms with Crippen molar-refractivity contribution in [3.8, 4) is 17.1 Å². The summed E-state index contributed by atoms with van der Waals surface area (Å²) in [6.07, 6.45) is 0. The van der Waals surface area contributed by atoms with Crippen LogP contribution in [0.25, 0.3) is 11.3 Å². The first-order chi connectivity index (χ1) is 13.7. The van der Waals surface area contributed by atoms with Crippen molar-refractivity contribution in [1.29, 1.82) is 0 Å². The minimum Gasteiger partial charge on any atom is -0.497 e. The van der Waals surface area contributed by atoms with Gasteiger partial charge in [-0.15, -0.1) is 0 Å². The number of anilines is 1. The molecule has 10 nitrogen and oxygen atoms in total. The van der Waals surface area contributed by atoms with Crippen molar-refractivity contribution < 1.29 is 32.4 Å². The molecule has 0 spiro atoms. The summed E-state index contributed by atoms with van der Waals surface area (Å²) in [6, 6.07) is 11.8. The van der Waals surface area contributed by atoms with Crippen molar-refractivity contribution >= 4 is 27.4 Å². The maximum absolute atomic E-state index is 12.8. The number of methoxy groups -OCH3 is 1. The van der Waals surface area contributed by atoms with Crippen LogP contribution in [-0.2, 0) is 10.0 Å². The smallest absolute Gasteiger partial charge is 0.371 e. The molecule has 2 N–H and O–H groups in total. The molecule has 0 aliphatic carbocycles. The molecular formula is C18H14N2O8S. The van der Waals surface area contributed by atoms with Crippen molar-refractivity contribution in [2.45, 2.75) is 4.90 Å². The van der Waals surface area contributed by atoms with Crippen molar-refractivity contribution in [1.82, 2.24) is 0 Å². The van der Waals surface area contributed by atoms with Gasteiger partial charge in [-0.1, -0.05) is 12.1 Å². The lowest BCUT2D eigenvalue weighted by Crippen LogP contribution is -2.15. The van der Waals surface area contributed by atoms with E-state index in [1.54, 1.807) is 0 Å². The molecule has 0 unspecified atom stereocenters. The number of sulfonamides is 1. The topological polar surface area (TPSA) is 149 Å². The molecule has 0 aliphatic rings. The van der Waals surface area contributed by atoms with E-state index in [-0.39, 0.29) is 22.8 Å². The van der Waals surface area contributed by atoms with Crippen molar-refractivity contribution in [3.63, 3.8) is 0 Å². The zero-order valence-electron chi connectivity index (χ0n) is 14.9. The van der Waals surface area contributed by atoms with E-state index in [1.165, 1.54) is 49.6 Å². The van der Waals surface area contributed by atoms with E-state index in [1.807, 2.05) is 0 Å². The normalized spacial score (nSPS) is 11.1. The average molecular weight is 418 g/mol. The van der Waals surface area contributed by atoms with Crippen molar-refractivity contribution in [2.75, 3.05) is 11.8 Å². The number of furan rings is 1. The van der Waals surface area contributed by atoms with Crippen molar-refractivity contribution in [3.05, 3.63) is 70.5 Å². The number of benzene rings is 2. The minimum atomic E-state index is -4.36. The number of rotatable bonds is 7. The third-order valence-electron chi connectivity index (χ3n) is 3.90. The van der Waals surface area contributed by atoms with Gasteiger partial charge in [-0.2, -0.15) is 0 Å². The second kappa shape index (κ2) is 7.64. The molecule has 11 heteroatoms. The summed E-state index contributed by atoms with van der Waals surface area (Å²) in [7, 11) is -2.98. The molecule has 2 aromatic carbocycles. The highest BCUT2D eigenvalue weighted by molar-refractivity contribution is 7.92. The Bertz CT molecular complexity index is 1200. The lowest BCUT2D eigenvalue weighted by Gasteiger charge is -2.13. The van der Waals surface area contributed by atoms with Crippen LogP contribution in [0.5, 0.6) is 5.75 Å². The summed E-state index contributed by atoms with van der Waals surface area (Å²) in [5.74, 6) is -1.22. The van der Waals surface area contributed by atoms with Gasteiger partial charge in [0, 0.05) is 17.7 Å². The fourth-order valence-electron chi connectivity index (χ4n) is 2.58. The Balaban J connectivity index is 2.10. The van der Waals surface area contributed by atoms with Crippen LogP contribution < -0.4 is 9.46 Å². The molecule has 1 heterocycles. The first kappa shape index (κ1) is 19.9. The van der Waals surface area contributed by atoms with Crippen LogP contribution in [0.15, 0.2) is 63.9 Å². The van der Waals surface area contributed by atoms with Crippen LogP contribution in [-0.4, -0.2) is 31.5 Å². The Labute approximate surface area is 164 Å². The van der Waals surface area contributed by atoms with E-state index in [0.29, 0.717) is 5.75 Å². The summed E-state index contributed by atoms with van der Waals surface area (Å²) in [6.45, 7) is 0. The molecule has 0 amide bonds. The molecule has 0 saturated carbocycles. The minimum absolute atomic E-state index is 0.00575. The van der Waals surface area contributed by atoms with Gasteiger partial charge in [0.15, 0.2) is 4.90 Å². The van der Waals surface area contributed by atoms with Gasteiger partial charge in [-0.3, -0.25) is 14.8 Å². The van der Waals surface area contributed by atoms with Gasteiger partial charge < -0.3 is 14.3 Å². The quantitative estimate of drug-likeness (QED) is 0.438. The SMILES string of the molecule is COc1ccc(-c2ccc(C(=O)O)o2)c(NS(=O)(=O)c2ccccc2[N+](=O)[O-])c1. The highest BCUT2D eigenvalue weighted by Crippen LogP contribution is 2.35. The Morgan fingerprint density at radius 2 is 1.90 bits per heavy atom. The van der Waals surface area contributed by atoms with Crippen LogP contribution >= 0.6 is 0 Å². The predicted octanol–water partition coefficient (Wildman–Crippen LogP) is 3.36. The molecule has 0 saturated heterocycles. The number of nitro benzene ring substituents is 1. The number of hydrogen-bond acceptors (Lipinski definition) is 7. The zero-order chi connectivity index (χ0) is 21.2. The predicted molar refractivity (Wildman–Crippen MR) is 102 cm³/mol.